The third kappa shape index (κ3) is 3.46. The summed E-state index contributed by atoms with van der Waals surface area (Å²) in [6, 6.07) is 0.177. The quantitative estimate of drug-likeness (QED) is 0.762. The molecule has 0 unspecified atom stereocenters. The number of likely N-dealkylation sites (tertiary alicyclic amines) is 1. The molecule has 1 aliphatic rings. The van der Waals surface area contributed by atoms with Gasteiger partial charge >= 0.3 is 0 Å². The highest BCUT2D eigenvalue weighted by atomic mass is 16.2. The summed E-state index contributed by atoms with van der Waals surface area (Å²) in [5.41, 5.74) is 5.91. The molecule has 1 amide bonds. The standard InChI is InChI=1S/C12H25N3O/c1-9(2)7-11(13)12(16)15-6-5-10(8-15)14(3)4/h9-11H,5-8,13H2,1-4H3/t10-,11+/m1/s1. The van der Waals surface area contributed by atoms with Gasteiger partial charge in [-0.1, -0.05) is 13.8 Å². The molecule has 0 aromatic carbocycles. The summed E-state index contributed by atoms with van der Waals surface area (Å²) in [5, 5.41) is 0. The maximum Gasteiger partial charge on any atom is 0.239 e. The number of rotatable bonds is 4. The molecule has 1 saturated heterocycles. The van der Waals surface area contributed by atoms with Crippen LogP contribution in [0.5, 0.6) is 0 Å². The summed E-state index contributed by atoms with van der Waals surface area (Å²) < 4.78 is 0. The summed E-state index contributed by atoms with van der Waals surface area (Å²) in [4.78, 5) is 16.1. The molecule has 0 aromatic heterocycles. The smallest absolute Gasteiger partial charge is 0.239 e. The molecule has 1 rings (SSSR count). The van der Waals surface area contributed by atoms with E-state index in [1.54, 1.807) is 0 Å². The molecule has 16 heavy (non-hydrogen) atoms. The van der Waals surface area contributed by atoms with Crippen molar-refractivity contribution in [3.05, 3.63) is 0 Å². The zero-order chi connectivity index (χ0) is 12.3. The lowest BCUT2D eigenvalue weighted by atomic mass is 10.0. The topological polar surface area (TPSA) is 49.6 Å². The average Bonchev–Trinajstić information content (AvgIpc) is 2.64. The van der Waals surface area contributed by atoms with Crippen LogP contribution < -0.4 is 5.73 Å². The van der Waals surface area contributed by atoms with Gasteiger partial charge in [0.2, 0.25) is 5.91 Å². The molecule has 0 aromatic rings. The van der Waals surface area contributed by atoms with E-state index in [1.807, 2.05) is 4.90 Å². The Morgan fingerprint density at radius 3 is 2.56 bits per heavy atom. The molecule has 1 heterocycles. The molecule has 2 N–H and O–H groups in total. The van der Waals surface area contributed by atoms with Gasteiger partial charge in [0.05, 0.1) is 6.04 Å². The molecule has 0 saturated carbocycles. The van der Waals surface area contributed by atoms with Crippen molar-refractivity contribution in [3.63, 3.8) is 0 Å². The predicted octanol–water partition coefficient (Wildman–Crippen LogP) is 0.522. The van der Waals surface area contributed by atoms with E-state index in [2.05, 4.69) is 32.8 Å². The fourth-order valence-electron chi connectivity index (χ4n) is 2.21. The largest absolute Gasteiger partial charge is 0.340 e. The van der Waals surface area contributed by atoms with Crippen molar-refractivity contribution in [2.45, 2.75) is 38.8 Å². The van der Waals surface area contributed by atoms with Crippen LogP contribution >= 0.6 is 0 Å². The van der Waals surface area contributed by atoms with Gasteiger partial charge in [0.15, 0.2) is 0 Å². The summed E-state index contributed by atoms with van der Waals surface area (Å²) in [7, 11) is 4.12. The number of hydrogen-bond donors (Lipinski definition) is 1. The fraction of sp³-hybridized carbons (Fsp3) is 0.917. The van der Waals surface area contributed by atoms with Gasteiger partial charge in [-0.3, -0.25) is 4.79 Å². The van der Waals surface area contributed by atoms with Gasteiger partial charge < -0.3 is 15.5 Å². The lowest BCUT2D eigenvalue weighted by Gasteiger charge is -2.23. The maximum atomic E-state index is 12.0. The van der Waals surface area contributed by atoms with Crippen molar-refractivity contribution in [3.8, 4) is 0 Å². The van der Waals surface area contributed by atoms with Crippen molar-refractivity contribution >= 4 is 5.91 Å². The molecule has 0 spiro atoms. The van der Waals surface area contributed by atoms with Crippen LogP contribution in [0.3, 0.4) is 0 Å². The Labute approximate surface area is 98.8 Å². The molecule has 0 bridgehead atoms. The molecular weight excluding hydrogens is 202 g/mol. The highest BCUT2D eigenvalue weighted by Gasteiger charge is 2.30. The third-order valence-corrected chi connectivity index (χ3v) is 3.25. The van der Waals surface area contributed by atoms with E-state index in [1.165, 1.54) is 0 Å². The Balaban J connectivity index is 2.44. The minimum atomic E-state index is -0.319. The Hall–Kier alpha value is -0.610. The van der Waals surface area contributed by atoms with Crippen molar-refractivity contribution < 1.29 is 4.79 Å². The van der Waals surface area contributed by atoms with Gasteiger partial charge in [0.25, 0.3) is 0 Å². The molecule has 94 valence electrons. The zero-order valence-corrected chi connectivity index (χ0v) is 10.9. The Kier molecular flexibility index (Phi) is 4.74. The molecular formula is C12H25N3O. The summed E-state index contributed by atoms with van der Waals surface area (Å²) in [5.74, 6) is 0.601. The number of carbonyl (C=O) groups is 1. The van der Waals surface area contributed by atoms with Crippen molar-refractivity contribution in [2.24, 2.45) is 11.7 Å². The molecule has 2 atom stereocenters. The number of likely N-dealkylation sites (N-methyl/N-ethyl adjacent to an activating group) is 1. The van der Waals surface area contributed by atoms with E-state index in [9.17, 15) is 4.79 Å². The highest BCUT2D eigenvalue weighted by molar-refractivity contribution is 5.81. The first-order chi connectivity index (χ1) is 7.41. The zero-order valence-electron chi connectivity index (χ0n) is 10.9. The van der Waals surface area contributed by atoms with Gasteiger partial charge in [0.1, 0.15) is 0 Å². The van der Waals surface area contributed by atoms with E-state index in [-0.39, 0.29) is 11.9 Å². The molecule has 4 heteroatoms. The van der Waals surface area contributed by atoms with Crippen molar-refractivity contribution in [2.75, 3.05) is 27.2 Å². The van der Waals surface area contributed by atoms with Crippen LogP contribution in [0.25, 0.3) is 0 Å². The van der Waals surface area contributed by atoms with Gasteiger partial charge in [-0.25, -0.2) is 0 Å². The van der Waals surface area contributed by atoms with Crippen LogP contribution in [0.4, 0.5) is 0 Å². The second-order valence-corrected chi connectivity index (χ2v) is 5.43. The average molecular weight is 227 g/mol. The normalized spacial score (nSPS) is 23.2. The van der Waals surface area contributed by atoms with Crippen molar-refractivity contribution in [1.82, 2.24) is 9.80 Å². The van der Waals surface area contributed by atoms with Crippen LogP contribution in [-0.4, -0.2) is 55.0 Å². The van der Waals surface area contributed by atoms with E-state index in [4.69, 9.17) is 5.73 Å². The summed E-state index contributed by atoms with van der Waals surface area (Å²) >= 11 is 0. The number of carbonyl (C=O) groups excluding carboxylic acids is 1. The Morgan fingerprint density at radius 2 is 2.12 bits per heavy atom. The number of hydrogen-bond acceptors (Lipinski definition) is 3. The van der Waals surface area contributed by atoms with Crippen LogP contribution in [0.15, 0.2) is 0 Å². The fourth-order valence-corrected chi connectivity index (χ4v) is 2.21. The summed E-state index contributed by atoms with van der Waals surface area (Å²) in [6.07, 6.45) is 1.84. The highest BCUT2D eigenvalue weighted by Crippen LogP contribution is 2.15. The van der Waals surface area contributed by atoms with Crippen LogP contribution in [0.1, 0.15) is 26.7 Å². The third-order valence-electron chi connectivity index (χ3n) is 3.25. The van der Waals surface area contributed by atoms with Gasteiger partial charge in [-0.2, -0.15) is 0 Å². The van der Waals surface area contributed by atoms with E-state index < -0.39 is 0 Å². The first-order valence-corrected chi connectivity index (χ1v) is 6.12. The SMILES string of the molecule is CC(C)C[C@H](N)C(=O)N1CC[C@@H](N(C)C)C1. The number of nitrogens with two attached hydrogens (primary N) is 1. The van der Waals surface area contributed by atoms with Crippen LogP contribution in [0.2, 0.25) is 0 Å². The minimum Gasteiger partial charge on any atom is -0.340 e. The summed E-state index contributed by atoms with van der Waals surface area (Å²) in [6.45, 7) is 5.88. The first-order valence-electron chi connectivity index (χ1n) is 6.12. The lowest BCUT2D eigenvalue weighted by molar-refractivity contribution is -0.132. The number of nitrogens with zero attached hydrogens (tertiary/aromatic N) is 2. The second-order valence-electron chi connectivity index (χ2n) is 5.43. The monoisotopic (exact) mass is 227 g/mol. The predicted molar refractivity (Wildman–Crippen MR) is 66.1 cm³/mol. The molecule has 1 fully saturated rings. The van der Waals surface area contributed by atoms with E-state index in [0.29, 0.717) is 12.0 Å². The molecule has 4 nitrogen and oxygen atoms in total. The molecule has 1 aliphatic heterocycles. The van der Waals surface area contributed by atoms with Gasteiger partial charge in [-0.05, 0) is 32.9 Å². The van der Waals surface area contributed by atoms with Crippen LogP contribution in [0, 0.1) is 5.92 Å². The Bertz CT molecular complexity index is 240. The Morgan fingerprint density at radius 1 is 1.50 bits per heavy atom. The molecule has 0 aliphatic carbocycles. The van der Waals surface area contributed by atoms with Crippen molar-refractivity contribution in [1.29, 1.82) is 0 Å². The first kappa shape index (κ1) is 13.5. The maximum absolute atomic E-state index is 12.0. The lowest BCUT2D eigenvalue weighted by Crippen LogP contribution is -2.44. The van der Waals surface area contributed by atoms with Gasteiger partial charge in [-0.15, -0.1) is 0 Å². The number of amides is 1. The minimum absolute atomic E-state index is 0.123. The second kappa shape index (κ2) is 5.64. The molecule has 0 radical (unpaired) electrons. The van der Waals surface area contributed by atoms with E-state index >= 15 is 0 Å². The van der Waals surface area contributed by atoms with Gasteiger partial charge in [0, 0.05) is 19.1 Å². The van der Waals surface area contributed by atoms with Crippen LogP contribution in [-0.2, 0) is 4.79 Å². The van der Waals surface area contributed by atoms with E-state index in [0.717, 1.165) is 25.9 Å².